The van der Waals surface area contributed by atoms with Crippen molar-refractivity contribution in [2.24, 2.45) is 7.05 Å². The number of benzene rings is 2. The fourth-order valence-corrected chi connectivity index (χ4v) is 5.16. The number of aromatic nitrogens is 1. The third-order valence-corrected chi connectivity index (χ3v) is 7.49. The standard InChI is InChI=1S/C24H25BCl2F3N3O2/c1-14-10-15(24(28,29)30)11-21-18(14)12-16(31(21)3)13-19-20(26)5-4-17(22(19)27)23(34)32-6-8-33(9-7-32)25(2)35/h4-5,10-12,35H,6-9,13H2,1-3H3. The Kier molecular flexibility index (Phi) is 7.17. The molecule has 0 spiro atoms. The van der Waals surface area contributed by atoms with Crippen LogP contribution in [-0.4, -0.2) is 58.4 Å². The number of piperazine rings is 1. The molecule has 35 heavy (non-hydrogen) atoms. The fraction of sp³-hybridized carbons (Fsp3) is 0.375. The number of amides is 1. The van der Waals surface area contributed by atoms with Gasteiger partial charge in [-0.25, -0.2) is 0 Å². The number of nitrogens with zero attached hydrogens (tertiary/aromatic N) is 3. The molecule has 1 N–H and O–H groups in total. The Bertz CT molecular complexity index is 1290. The van der Waals surface area contributed by atoms with Crippen LogP contribution in [0.4, 0.5) is 13.2 Å². The van der Waals surface area contributed by atoms with Crippen LogP contribution in [0.1, 0.15) is 32.7 Å². The molecule has 0 radical (unpaired) electrons. The van der Waals surface area contributed by atoms with E-state index in [1.165, 1.54) is 0 Å². The van der Waals surface area contributed by atoms with Crippen molar-refractivity contribution in [3.05, 3.63) is 68.3 Å². The number of carbonyl (C=O) groups excluding carboxylic acids is 1. The van der Waals surface area contributed by atoms with E-state index in [0.717, 1.165) is 17.8 Å². The summed E-state index contributed by atoms with van der Waals surface area (Å²) in [6, 6.07) is 7.34. The molecule has 1 aliphatic heterocycles. The summed E-state index contributed by atoms with van der Waals surface area (Å²) in [5.74, 6) is -0.221. The predicted octanol–water partition coefficient (Wildman–Crippen LogP) is 5.27. The Hall–Kier alpha value is -2.20. The van der Waals surface area contributed by atoms with Gasteiger partial charge in [-0.1, -0.05) is 23.2 Å². The summed E-state index contributed by atoms with van der Waals surface area (Å²) in [6.07, 6.45) is -4.19. The van der Waals surface area contributed by atoms with Gasteiger partial charge < -0.3 is 19.3 Å². The summed E-state index contributed by atoms with van der Waals surface area (Å²) in [5.41, 5.74) is 1.88. The van der Waals surface area contributed by atoms with E-state index in [2.05, 4.69) is 0 Å². The zero-order valence-electron chi connectivity index (χ0n) is 19.6. The maximum Gasteiger partial charge on any atom is 0.416 e. The summed E-state index contributed by atoms with van der Waals surface area (Å²) < 4.78 is 41.7. The lowest BCUT2D eigenvalue weighted by molar-refractivity contribution is -0.137. The highest BCUT2D eigenvalue weighted by Gasteiger charge is 2.32. The molecule has 1 aromatic heterocycles. The molecule has 0 unspecified atom stereocenters. The topological polar surface area (TPSA) is 48.7 Å². The molecule has 1 aliphatic rings. The molecule has 5 nitrogen and oxygen atoms in total. The lowest BCUT2D eigenvalue weighted by Gasteiger charge is -2.35. The first-order valence-corrected chi connectivity index (χ1v) is 12.0. The monoisotopic (exact) mass is 525 g/mol. The first kappa shape index (κ1) is 25.9. The van der Waals surface area contributed by atoms with Gasteiger partial charge in [0.05, 0.1) is 16.1 Å². The van der Waals surface area contributed by atoms with Gasteiger partial charge in [0, 0.05) is 61.3 Å². The first-order chi connectivity index (χ1) is 16.4. The molecule has 1 amide bonds. The molecular formula is C24H25BCl2F3N3O2. The van der Waals surface area contributed by atoms with Gasteiger partial charge in [0.2, 0.25) is 0 Å². The minimum Gasteiger partial charge on any atom is -0.437 e. The Morgan fingerprint density at radius 2 is 1.77 bits per heavy atom. The van der Waals surface area contributed by atoms with E-state index in [4.69, 9.17) is 23.2 Å². The van der Waals surface area contributed by atoms with E-state index in [1.807, 2.05) is 10.9 Å². The minimum atomic E-state index is -4.44. The highest BCUT2D eigenvalue weighted by molar-refractivity contribution is 6.45. The second kappa shape index (κ2) is 9.69. The summed E-state index contributed by atoms with van der Waals surface area (Å²) in [6.45, 7) is 5.37. The van der Waals surface area contributed by atoms with Crippen molar-refractivity contribution in [3.63, 3.8) is 0 Å². The Balaban J connectivity index is 1.65. The van der Waals surface area contributed by atoms with Crippen molar-refractivity contribution in [2.45, 2.75) is 26.3 Å². The van der Waals surface area contributed by atoms with Gasteiger partial charge in [-0.05, 0) is 55.2 Å². The summed E-state index contributed by atoms with van der Waals surface area (Å²) in [4.78, 5) is 16.8. The van der Waals surface area contributed by atoms with Gasteiger partial charge in [0.25, 0.3) is 5.91 Å². The fourth-order valence-electron chi connectivity index (χ4n) is 4.57. The van der Waals surface area contributed by atoms with E-state index in [9.17, 15) is 23.0 Å². The number of fused-ring (bicyclic) bond motifs is 1. The molecule has 11 heteroatoms. The van der Waals surface area contributed by atoms with E-state index in [-0.39, 0.29) is 17.4 Å². The molecule has 2 aromatic carbocycles. The van der Waals surface area contributed by atoms with Crippen LogP contribution < -0.4 is 0 Å². The smallest absolute Gasteiger partial charge is 0.416 e. The number of hydrogen-bond donors (Lipinski definition) is 1. The lowest BCUT2D eigenvalue weighted by Crippen LogP contribution is -2.53. The molecule has 0 aliphatic carbocycles. The number of aryl methyl sites for hydroxylation is 2. The predicted molar refractivity (Wildman–Crippen MR) is 133 cm³/mol. The van der Waals surface area contributed by atoms with Crippen LogP contribution in [0.25, 0.3) is 10.9 Å². The second-order valence-electron chi connectivity index (χ2n) is 8.94. The van der Waals surface area contributed by atoms with Crippen LogP contribution in [0.2, 0.25) is 16.9 Å². The number of halogens is 5. The van der Waals surface area contributed by atoms with Crippen LogP contribution >= 0.6 is 23.2 Å². The number of hydrogen-bond acceptors (Lipinski definition) is 3. The highest BCUT2D eigenvalue weighted by Crippen LogP contribution is 2.36. The minimum absolute atomic E-state index is 0.221. The van der Waals surface area contributed by atoms with Crippen molar-refractivity contribution in [2.75, 3.05) is 26.2 Å². The van der Waals surface area contributed by atoms with Gasteiger partial charge in [-0.3, -0.25) is 4.79 Å². The van der Waals surface area contributed by atoms with Crippen LogP contribution in [0.5, 0.6) is 0 Å². The molecule has 0 bridgehead atoms. The third-order valence-electron chi connectivity index (χ3n) is 6.70. The van der Waals surface area contributed by atoms with Gasteiger partial charge in [-0.2, -0.15) is 13.2 Å². The van der Waals surface area contributed by atoms with Gasteiger partial charge in [0.1, 0.15) is 0 Å². The largest absolute Gasteiger partial charge is 0.437 e. The van der Waals surface area contributed by atoms with Crippen molar-refractivity contribution < 1.29 is 23.0 Å². The maximum absolute atomic E-state index is 13.3. The Morgan fingerprint density at radius 3 is 2.37 bits per heavy atom. The van der Waals surface area contributed by atoms with E-state index in [1.54, 1.807) is 42.4 Å². The molecular weight excluding hydrogens is 501 g/mol. The molecule has 0 atom stereocenters. The van der Waals surface area contributed by atoms with Crippen LogP contribution in [0.15, 0.2) is 30.3 Å². The summed E-state index contributed by atoms with van der Waals surface area (Å²) in [7, 11) is 1.13. The average Bonchev–Trinajstić information content (AvgIpc) is 3.11. The molecule has 0 saturated carbocycles. The van der Waals surface area contributed by atoms with Crippen molar-refractivity contribution >= 4 is 47.1 Å². The molecule has 3 aromatic rings. The molecule has 4 rings (SSSR count). The van der Waals surface area contributed by atoms with Crippen molar-refractivity contribution in [1.82, 2.24) is 14.3 Å². The van der Waals surface area contributed by atoms with Crippen LogP contribution in [0.3, 0.4) is 0 Å². The Morgan fingerprint density at radius 1 is 1.11 bits per heavy atom. The normalized spacial score (nSPS) is 15.2. The zero-order valence-corrected chi connectivity index (χ0v) is 21.1. The number of carbonyl (C=O) groups is 1. The number of rotatable bonds is 4. The van der Waals surface area contributed by atoms with E-state index < -0.39 is 18.8 Å². The highest BCUT2D eigenvalue weighted by atomic mass is 35.5. The summed E-state index contributed by atoms with van der Waals surface area (Å²) >= 11 is 13.1. The van der Waals surface area contributed by atoms with Gasteiger partial charge in [-0.15, -0.1) is 0 Å². The van der Waals surface area contributed by atoms with Crippen molar-refractivity contribution in [1.29, 1.82) is 0 Å². The Labute approximate surface area is 212 Å². The maximum atomic E-state index is 13.3. The lowest BCUT2D eigenvalue weighted by atomic mass is 9.84. The third kappa shape index (κ3) is 5.05. The van der Waals surface area contributed by atoms with E-state index >= 15 is 0 Å². The molecule has 186 valence electrons. The summed E-state index contributed by atoms with van der Waals surface area (Å²) in [5, 5.41) is 11.1. The van der Waals surface area contributed by atoms with Gasteiger partial charge in [0.15, 0.2) is 0 Å². The zero-order chi connectivity index (χ0) is 25.7. The number of alkyl halides is 3. The van der Waals surface area contributed by atoms with Crippen LogP contribution in [-0.2, 0) is 19.6 Å². The first-order valence-electron chi connectivity index (χ1n) is 11.2. The van der Waals surface area contributed by atoms with E-state index in [0.29, 0.717) is 58.8 Å². The van der Waals surface area contributed by atoms with Gasteiger partial charge >= 0.3 is 13.2 Å². The molecule has 1 saturated heterocycles. The van der Waals surface area contributed by atoms with Crippen molar-refractivity contribution in [3.8, 4) is 0 Å². The quantitative estimate of drug-likeness (QED) is 0.472. The average molecular weight is 526 g/mol. The second-order valence-corrected chi connectivity index (χ2v) is 9.73. The molecule has 2 heterocycles. The SMILES string of the molecule is CB(O)N1CCN(C(=O)c2ccc(Cl)c(Cc3cc4c(C)cc(C(F)(F)F)cc4n3C)c2Cl)CC1. The molecule has 1 fully saturated rings. The van der Waals surface area contributed by atoms with Crippen LogP contribution in [0, 0.1) is 6.92 Å².